The number of esters is 1. The van der Waals surface area contributed by atoms with Crippen LogP contribution in [0.2, 0.25) is 0 Å². The molecule has 1 aromatic carbocycles. The fourth-order valence-electron chi connectivity index (χ4n) is 3.00. The van der Waals surface area contributed by atoms with Crippen molar-refractivity contribution in [3.05, 3.63) is 35.4 Å². The van der Waals surface area contributed by atoms with E-state index >= 15 is 0 Å². The molecule has 0 saturated carbocycles. The number of amides is 1. The lowest BCUT2D eigenvalue weighted by Gasteiger charge is -2.35. The van der Waals surface area contributed by atoms with Gasteiger partial charge in [0, 0.05) is 19.7 Å². The zero-order valence-electron chi connectivity index (χ0n) is 13.9. The fraction of sp³-hybridized carbons (Fsp3) is 0.556. The zero-order chi connectivity index (χ0) is 16.7. The molecule has 1 unspecified atom stereocenters. The van der Waals surface area contributed by atoms with E-state index in [1.54, 1.807) is 25.3 Å². The van der Waals surface area contributed by atoms with E-state index in [4.69, 9.17) is 9.47 Å². The molecule has 1 fully saturated rings. The van der Waals surface area contributed by atoms with Crippen LogP contribution in [0.15, 0.2) is 24.3 Å². The maximum absolute atomic E-state index is 12.3. The van der Waals surface area contributed by atoms with Crippen molar-refractivity contribution in [1.82, 2.24) is 4.90 Å². The fourth-order valence-corrected chi connectivity index (χ4v) is 3.00. The van der Waals surface area contributed by atoms with E-state index in [9.17, 15) is 9.59 Å². The highest BCUT2D eigenvalue weighted by atomic mass is 16.5. The second-order valence-corrected chi connectivity index (χ2v) is 5.85. The molecular weight excluding hydrogens is 294 g/mol. The van der Waals surface area contributed by atoms with Crippen molar-refractivity contribution in [2.75, 3.05) is 20.3 Å². The summed E-state index contributed by atoms with van der Waals surface area (Å²) in [4.78, 5) is 26.3. The highest BCUT2D eigenvalue weighted by Crippen LogP contribution is 2.19. The molecule has 1 amide bonds. The van der Waals surface area contributed by atoms with Crippen molar-refractivity contribution >= 4 is 11.9 Å². The number of methoxy groups -OCH3 is 1. The van der Waals surface area contributed by atoms with E-state index in [2.05, 4.69) is 6.92 Å². The largest absolute Gasteiger partial charge is 0.452 e. The van der Waals surface area contributed by atoms with E-state index in [1.807, 2.05) is 11.0 Å². The zero-order valence-corrected chi connectivity index (χ0v) is 13.9. The van der Waals surface area contributed by atoms with Gasteiger partial charge < -0.3 is 14.4 Å². The summed E-state index contributed by atoms with van der Waals surface area (Å²) >= 11 is 0. The number of hydrogen-bond acceptors (Lipinski definition) is 4. The van der Waals surface area contributed by atoms with Gasteiger partial charge in [0.15, 0.2) is 6.61 Å². The Hall–Kier alpha value is -1.88. The van der Waals surface area contributed by atoms with Gasteiger partial charge in [-0.25, -0.2) is 4.79 Å². The molecule has 1 aliphatic heterocycles. The number of benzene rings is 1. The summed E-state index contributed by atoms with van der Waals surface area (Å²) in [5.74, 6) is -0.570. The van der Waals surface area contributed by atoms with Gasteiger partial charge in [-0.2, -0.15) is 0 Å². The van der Waals surface area contributed by atoms with Gasteiger partial charge in [-0.3, -0.25) is 4.79 Å². The minimum atomic E-state index is -0.471. The summed E-state index contributed by atoms with van der Waals surface area (Å²) in [5, 5.41) is 0. The van der Waals surface area contributed by atoms with Crippen molar-refractivity contribution in [3.63, 3.8) is 0 Å². The summed E-state index contributed by atoms with van der Waals surface area (Å²) in [7, 11) is 1.60. The van der Waals surface area contributed by atoms with Crippen LogP contribution in [0.5, 0.6) is 0 Å². The minimum absolute atomic E-state index is 0.0991. The Kier molecular flexibility index (Phi) is 6.59. The topological polar surface area (TPSA) is 55.8 Å². The number of ether oxygens (including phenoxy) is 2. The van der Waals surface area contributed by atoms with Crippen LogP contribution in [0.4, 0.5) is 0 Å². The maximum Gasteiger partial charge on any atom is 0.338 e. The van der Waals surface area contributed by atoms with Crippen LogP contribution < -0.4 is 0 Å². The van der Waals surface area contributed by atoms with Gasteiger partial charge in [-0.05, 0) is 43.4 Å². The van der Waals surface area contributed by atoms with Crippen LogP contribution in [0.3, 0.4) is 0 Å². The van der Waals surface area contributed by atoms with Crippen LogP contribution >= 0.6 is 0 Å². The average molecular weight is 319 g/mol. The number of carbonyl (C=O) groups excluding carboxylic acids is 2. The first-order chi connectivity index (χ1) is 11.2. The normalized spacial score (nSPS) is 17.8. The van der Waals surface area contributed by atoms with E-state index in [1.165, 1.54) is 0 Å². The molecule has 1 saturated heterocycles. The highest BCUT2D eigenvalue weighted by molar-refractivity contribution is 5.91. The summed E-state index contributed by atoms with van der Waals surface area (Å²) in [6, 6.07) is 7.35. The lowest BCUT2D eigenvalue weighted by molar-refractivity contribution is -0.138. The van der Waals surface area contributed by atoms with Crippen molar-refractivity contribution in [3.8, 4) is 0 Å². The predicted molar refractivity (Wildman–Crippen MR) is 87.1 cm³/mol. The molecule has 5 heteroatoms. The monoisotopic (exact) mass is 319 g/mol. The van der Waals surface area contributed by atoms with Gasteiger partial charge in [0.2, 0.25) is 0 Å². The van der Waals surface area contributed by atoms with Gasteiger partial charge in [0.1, 0.15) is 0 Å². The molecule has 1 heterocycles. The van der Waals surface area contributed by atoms with Crippen LogP contribution in [-0.4, -0.2) is 43.1 Å². The Morgan fingerprint density at radius 3 is 2.87 bits per heavy atom. The number of carbonyl (C=O) groups is 2. The molecule has 1 atom stereocenters. The van der Waals surface area contributed by atoms with Crippen LogP contribution in [0, 0.1) is 0 Å². The first kappa shape index (κ1) is 17.5. The molecule has 0 radical (unpaired) electrons. The molecule has 0 aromatic heterocycles. The van der Waals surface area contributed by atoms with Crippen LogP contribution in [-0.2, 0) is 20.9 Å². The van der Waals surface area contributed by atoms with Gasteiger partial charge in [0.05, 0.1) is 12.2 Å². The Balaban J connectivity index is 1.90. The molecule has 5 nitrogen and oxygen atoms in total. The van der Waals surface area contributed by atoms with Crippen molar-refractivity contribution < 1.29 is 19.1 Å². The number of rotatable bonds is 6. The summed E-state index contributed by atoms with van der Waals surface area (Å²) in [6.45, 7) is 3.09. The summed E-state index contributed by atoms with van der Waals surface area (Å²) in [6.07, 6.45) is 4.16. The molecule has 1 aromatic rings. The standard InChI is InChI=1S/C18H25NO4/c1-3-16-9-4-5-10-19(16)17(20)13-23-18(21)15-8-6-7-14(11-15)12-22-2/h6-8,11,16H,3-5,9-10,12-13H2,1-2H3. The molecule has 0 bridgehead atoms. The van der Waals surface area contributed by atoms with Crippen molar-refractivity contribution in [2.24, 2.45) is 0 Å². The van der Waals surface area contributed by atoms with E-state index in [-0.39, 0.29) is 18.6 Å². The van der Waals surface area contributed by atoms with E-state index in [0.717, 1.165) is 37.8 Å². The lowest BCUT2D eigenvalue weighted by Crippen LogP contribution is -2.45. The number of likely N-dealkylation sites (tertiary alicyclic amines) is 1. The predicted octanol–water partition coefficient (Wildman–Crippen LogP) is 2.78. The average Bonchev–Trinajstić information content (AvgIpc) is 2.59. The summed E-state index contributed by atoms with van der Waals surface area (Å²) < 4.78 is 10.2. The molecule has 0 spiro atoms. The molecule has 0 aliphatic carbocycles. The number of piperidine rings is 1. The molecule has 126 valence electrons. The number of hydrogen-bond donors (Lipinski definition) is 0. The van der Waals surface area contributed by atoms with Crippen molar-refractivity contribution in [2.45, 2.75) is 45.3 Å². The minimum Gasteiger partial charge on any atom is -0.452 e. The van der Waals surface area contributed by atoms with Crippen LogP contribution in [0.1, 0.15) is 48.5 Å². The quantitative estimate of drug-likeness (QED) is 0.757. The first-order valence-electron chi connectivity index (χ1n) is 8.20. The van der Waals surface area contributed by atoms with E-state index < -0.39 is 5.97 Å². The highest BCUT2D eigenvalue weighted by Gasteiger charge is 2.26. The first-order valence-corrected chi connectivity index (χ1v) is 8.20. The summed E-state index contributed by atoms with van der Waals surface area (Å²) in [5.41, 5.74) is 1.34. The third kappa shape index (κ3) is 4.79. The third-order valence-electron chi connectivity index (χ3n) is 4.22. The van der Waals surface area contributed by atoms with Gasteiger partial charge >= 0.3 is 5.97 Å². The Morgan fingerprint density at radius 1 is 1.30 bits per heavy atom. The second-order valence-electron chi connectivity index (χ2n) is 5.85. The maximum atomic E-state index is 12.3. The van der Waals surface area contributed by atoms with Crippen LogP contribution in [0.25, 0.3) is 0 Å². The Labute approximate surface area is 137 Å². The molecule has 0 N–H and O–H groups in total. The lowest BCUT2D eigenvalue weighted by atomic mass is 10.00. The Morgan fingerprint density at radius 2 is 2.13 bits per heavy atom. The number of nitrogens with zero attached hydrogens (tertiary/aromatic N) is 1. The van der Waals surface area contributed by atoms with Gasteiger partial charge in [0.25, 0.3) is 5.91 Å². The van der Waals surface area contributed by atoms with E-state index in [0.29, 0.717) is 12.2 Å². The van der Waals surface area contributed by atoms with Crippen molar-refractivity contribution in [1.29, 1.82) is 0 Å². The SMILES string of the molecule is CCC1CCCCN1C(=O)COC(=O)c1cccc(COC)c1. The second kappa shape index (κ2) is 8.67. The molecular formula is C18H25NO4. The van der Waals surface area contributed by atoms with Gasteiger partial charge in [-0.15, -0.1) is 0 Å². The molecule has 1 aliphatic rings. The smallest absolute Gasteiger partial charge is 0.338 e. The molecule has 2 rings (SSSR count). The Bertz CT molecular complexity index is 544. The molecule has 23 heavy (non-hydrogen) atoms. The third-order valence-corrected chi connectivity index (χ3v) is 4.22. The van der Waals surface area contributed by atoms with Gasteiger partial charge in [-0.1, -0.05) is 19.1 Å².